The van der Waals surface area contributed by atoms with Crippen molar-refractivity contribution in [3.8, 4) is 5.75 Å². The van der Waals surface area contributed by atoms with Crippen LogP contribution >= 0.6 is 0 Å². The highest BCUT2D eigenvalue weighted by Gasteiger charge is 2.22. The van der Waals surface area contributed by atoms with Crippen molar-refractivity contribution in [2.45, 2.75) is 6.42 Å². The van der Waals surface area contributed by atoms with Gasteiger partial charge in [0.1, 0.15) is 5.75 Å². The SMILES string of the molecule is O=C(O)CN1CCN(C(=O)Cc2ccccc2O)CC1. The summed E-state index contributed by atoms with van der Waals surface area (Å²) in [5.74, 6) is -0.758. The number of rotatable bonds is 4. The second kappa shape index (κ2) is 6.38. The first-order valence-electron chi connectivity index (χ1n) is 6.55. The van der Waals surface area contributed by atoms with Crippen LogP contribution in [0.2, 0.25) is 0 Å². The number of carboxylic acids is 1. The van der Waals surface area contributed by atoms with E-state index in [1.165, 1.54) is 0 Å². The molecule has 1 aliphatic rings. The van der Waals surface area contributed by atoms with Gasteiger partial charge in [0.05, 0.1) is 13.0 Å². The Morgan fingerprint density at radius 2 is 1.75 bits per heavy atom. The Balaban J connectivity index is 1.86. The fourth-order valence-electron chi connectivity index (χ4n) is 2.28. The van der Waals surface area contributed by atoms with Crippen LogP contribution in [0.3, 0.4) is 0 Å². The van der Waals surface area contributed by atoms with Gasteiger partial charge in [-0.05, 0) is 6.07 Å². The maximum atomic E-state index is 12.1. The molecule has 1 heterocycles. The number of aromatic hydroxyl groups is 1. The molecule has 0 radical (unpaired) electrons. The summed E-state index contributed by atoms with van der Waals surface area (Å²) in [6.07, 6.45) is 0.172. The van der Waals surface area contributed by atoms with E-state index in [0.29, 0.717) is 31.7 Å². The van der Waals surface area contributed by atoms with E-state index in [4.69, 9.17) is 5.11 Å². The lowest BCUT2D eigenvalue weighted by Gasteiger charge is -2.33. The number of benzene rings is 1. The van der Waals surface area contributed by atoms with Gasteiger partial charge < -0.3 is 15.1 Å². The van der Waals surface area contributed by atoms with E-state index in [9.17, 15) is 14.7 Å². The Hall–Kier alpha value is -2.08. The minimum absolute atomic E-state index is 0.0154. The normalized spacial score (nSPS) is 16.1. The van der Waals surface area contributed by atoms with Gasteiger partial charge >= 0.3 is 5.97 Å². The van der Waals surface area contributed by atoms with E-state index < -0.39 is 5.97 Å². The molecule has 0 aliphatic carbocycles. The summed E-state index contributed by atoms with van der Waals surface area (Å²) >= 11 is 0. The second-order valence-electron chi connectivity index (χ2n) is 4.86. The van der Waals surface area contributed by atoms with Crippen LogP contribution in [0.1, 0.15) is 5.56 Å². The predicted molar refractivity (Wildman–Crippen MR) is 72.5 cm³/mol. The molecule has 1 aliphatic heterocycles. The van der Waals surface area contributed by atoms with Gasteiger partial charge in [0.15, 0.2) is 0 Å². The molecule has 2 N–H and O–H groups in total. The van der Waals surface area contributed by atoms with E-state index >= 15 is 0 Å². The maximum Gasteiger partial charge on any atom is 0.317 e. The Morgan fingerprint density at radius 3 is 2.35 bits per heavy atom. The van der Waals surface area contributed by atoms with E-state index in [-0.39, 0.29) is 24.6 Å². The predicted octanol–water partition coefficient (Wildman–Crippen LogP) is 0.164. The van der Waals surface area contributed by atoms with Crippen LogP contribution in [-0.4, -0.2) is 64.6 Å². The van der Waals surface area contributed by atoms with Gasteiger partial charge in [-0.3, -0.25) is 14.5 Å². The summed E-state index contributed by atoms with van der Waals surface area (Å²) in [5.41, 5.74) is 0.616. The molecule has 108 valence electrons. The van der Waals surface area contributed by atoms with Crippen LogP contribution in [0.4, 0.5) is 0 Å². The lowest BCUT2D eigenvalue weighted by atomic mass is 10.1. The number of hydrogen-bond donors (Lipinski definition) is 2. The fourth-order valence-corrected chi connectivity index (χ4v) is 2.28. The highest BCUT2D eigenvalue weighted by Crippen LogP contribution is 2.17. The molecule has 1 amide bonds. The molecule has 1 aromatic rings. The van der Waals surface area contributed by atoms with Crippen LogP contribution in [0.25, 0.3) is 0 Å². The van der Waals surface area contributed by atoms with Crippen molar-refractivity contribution in [2.75, 3.05) is 32.7 Å². The highest BCUT2D eigenvalue weighted by molar-refractivity contribution is 5.79. The van der Waals surface area contributed by atoms with Crippen LogP contribution in [0.5, 0.6) is 5.75 Å². The summed E-state index contributed by atoms with van der Waals surface area (Å²) in [4.78, 5) is 26.3. The molecule has 2 rings (SSSR count). The van der Waals surface area contributed by atoms with Gasteiger partial charge in [-0.25, -0.2) is 0 Å². The second-order valence-corrected chi connectivity index (χ2v) is 4.86. The standard InChI is InChI=1S/C14H18N2O4/c17-12-4-2-1-3-11(12)9-13(18)16-7-5-15(6-8-16)10-14(19)20/h1-4,17H,5-10H2,(H,19,20). The smallest absolute Gasteiger partial charge is 0.317 e. The van der Waals surface area contributed by atoms with Crippen molar-refractivity contribution in [1.82, 2.24) is 9.80 Å². The Kier molecular flexibility index (Phi) is 4.57. The maximum absolute atomic E-state index is 12.1. The number of carbonyl (C=O) groups is 2. The molecule has 0 spiro atoms. The zero-order valence-electron chi connectivity index (χ0n) is 11.2. The number of phenolic OH excluding ortho intramolecular Hbond substituents is 1. The van der Waals surface area contributed by atoms with E-state index in [1.807, 2.05) is 4.90 Å². The average Bonchev–Trinajstić information content (AvgIpc) is 2.41. The van der Waals surface area contributed by atoms with Gasteiger partial charge in [0, 0.05) is 31.7 Å². The zero-order chi connectivity index (χ0) is 14.5. The number of phenols is 1. The molecular weight excluding hydrogens is 260 g/mol. The van der Waals surface area contributed by atoms with Gasteiger partial charge in [0.2, 0.25) is 5.91 Å². The fraction of sp³-hybridized carbons (Fsp3) is 0.429. The van der Waals surface area contributed by atoms with Crippen LogP contribution < -0.4 is 0 Å². The number of aliphatic carboxylic acids is 1. The summed E-state index contributed by atoms with van der Waals surface area (Å²) in [5, 5.41) is 18.4. The zero-order valence-corrected chi connectivity index (χ0v) is 11.2. The lowest BCUT2D eigenvalue weighted by molar-refractivity contribution is -0.139. The number of amides is 1. The summed E-state index contributed by atoms with van der Waals surface area (Å²) in [6.45, 7) is 2.21. The monoisotopic (exact) mass is 278 g/mol. The summed E-state index contributed by atoms with van der Waals surface area (Å²) < 4.78 is 0. The quantitative estimate of drug-likeness (QED) is 0.820. The number of hydrogen-bond acceptors (Lipinski definition) is 4. The number of piperazine rings is 1. The van der Waals surface area contributed by atoms with Crippen molar-refractivity contribution < 1.29 is 19.8 Å². The Labute approximate surface area is 117 Å². The molecule has 1 fully saturated rings. The van der Waals surface area contributed by atoms with Crippen molar-refractivity contribution in [3.05, 3.63) is 29.8 Å². The first kappa shape index (κ1) is 14.3. The molecule has 6 heteroatoms. The molecule has 0 atom stereocenters. The van der Waals surface area contributed by atoms with E-state index in [2.05, 4.69) is 0 Å². The van der Waals surface area contributed by atoms with Crippen LogP contribution in [-0.2, 0) is 16.0 Å². The van der Waals surface area contributed by atoms with Gasteiger partial charge in [0.25, 0.3) is 0 Å². The molecule has 0 aromatic heterocycles. The van der Waals surface area contributed by atoms with Crippen LogP contribution in [0, 0.1) is 0 Å². The number of para-hydroxylation sites is 1. The molecule has 0 bridgehead atoms. The van der Waals surface area contributed by atoms with Gasteiger partial charge in [-0.2, -0.15) is 0 Å². The Bertz CT molecular complexity index is 496. The van der Waals surface area contributed by atoms with Crippen LogP contribution in [0.15, 0.2) is 24.3 Å². The van der Waals surface area contributed by atoms with Gasteiger partial charge in [-0.15, -0.1) is 0 Å². The average molecular weight is 278 g/mol. The largest absolute Gasteiger partial charge is 0.508 e. The molecular formula is C14H18N2O4. The minimum Gasteiger partial charge on any atom is -0.508 e. The molecule has 6 nitrogen and oxygen atoms in total. The Morgan fingerprint density at radius 1 is 1.10 bits per heavy atom. The van der Waals surface area contributed by atoms with Crippen molar-refractivity contribution >= 4 is 11.9 Å². The molecule has 20 heavy (non-hydrogen) atoms. The van der Waals surface area contributed by atoms with Crippen molar-refractivity contribution in [3.63, 3.8) is 0 Å². The van der Waals surface area contributed by atoms with Crippen molar-refractivity contribution in [1.29, 1.82) is 0 Å². The molecule has 1 saturated heterocycles. The first-order chi connectivity index (χ1) is 9.56. The molecule has 1 aromatic carbocycles. The van der Waals surface area contributed by atoms with E-state index in [1.54, 1.807) is 29.2 Å². The number of carbonyl (C=O) groups excluding carboxylic acids is 1. The third kappa shape index (κ3) is 3.71. The van der Waals surface area contributed by atoms with E-state index in [0.717, 1.165) is 0 Å². The number of carboxylic acid groups (broad SMARTS) is 1. The minimum atomic E-state index is -0.848. The highest BCUT2D eigenvalue weighted by atomic mass is 16.4. The van der Waals surface area contributed by atoms with Gasteiger partial charge in [-0.1, -0.05) is 18.2 Å². The number of nitrogens with zero attached hydrogens (tertiary/aromatic N) is 2. The summed E-state index contributed by atoms with van der Waals surface area (Å²) in [7, 11) is 0. The lowest BCUT2D eigenvalue weighted by Crippen LogP contribution is -2.50. The molecule has 0 unspecified atom stereocenters. The third-order valence-electron chi connectivity index (χ3n) is 3.42. The van der Waals surface area contributed by atoms with Crippen molar-refractivity contribution in [2.24, 2.45) is 0 Å². The summed E-state index contributed by atoms with van der Waals surface area (Å²) in [6, 6.07) is 6.79. The first-order valence-corrected chi connectivity index (χ1v) is 6.55. The third-order valence-corrected chi connectivity index (χ3v) is 3.42. The topological polar surface area (TPSA) is 81.1 Å². The molecule has 0 saturated carbocycles.